The van der Waals surface area contributed by atoms with Gasteiger partial charge < -0.3 is 4.74 Å². The molecule has 2 heteroatoms. The van der Waals surface area contributed by atoms with Crippen LogP contribution in [-0.2, 0) is 11.2 Å². The van der Waals surface area contributed by atoms with Crippen molar-refractivity contribution in [2.24, 2.45) is 0 Å². The summed E-state index contributed by atoms with van der Waals surface area (Å²) in [4.78, 5) is 0. The number of halogens is 1. The summed E-state index contributed by atoms with van der Waals surface area (Å²) in [5, 5.41) is 0. The standard InChI is InChI=1S/C13H17BrO/c1-13(14)7-8-15-12(10-13)9-11-5-3-2-4-6-11/h2-6,12H,7-10H2,1H3/t12-,13-/m1/s1. The van der Waals surface area contributed by atoms with E-state index < -0.39 is 0 Å². The first-order valence-corrected chi connectivity index (χ1v) is 6.29. The Hall–Kier alpha value is -0.340. The van der Waals surface area contributed by atoms with Gasteiger partial charge in [-0.2, -0.15) is 0 Å². The van der Waals surface area contributed by atoms with Crippen LogP contribution in [0.2, 0.25) is 0 Å². The maximum absolute atomic E-state index is 5.79. The van der Waals surface area contributed by atoms with Gasteiger partial charge in [0.25, 0.3) is 0 Å². The van der Waals surface area contributed by atoms with E-state index in [4.69, 9.17) is 4.74 Å². The van der Waals surface area contributed by atoms with Gasteiger partial charge in [-0.1, -0.05) is 46.3 Å². The molecule has 1 aliphatic rings. The fraction of sp³-hybridized carbons (Fsp3) is 0.538. The van der Waals surface area contributed by atoms with E-state index in [1.807, 2.05) is 0 Å². The molecular weight excluding hydrogens is 252 g/mol. The van der Waals surface area contributed by atoms with E-state index in [2.05, 4.69) is 53.2 Å². The van der Waals surface area contributed by atoms with Crippen molar-refractivity contribution in [3.8, 4) is 0 Å². The maximum atomic E-state index is 5.79. The fourth-order valence-electron chi connectivity index (χ4n) is 2.08. The summed E-state index contributed by atoms with van der Waals surface area (Å²) in [5.41, 5.74) is 1.37. The predicted octanol–water partition coefficient (Wildman–Crippen LogP) is 3.56. The zero-order chi connectivity index (χ0) is 10.7. The molecule has 15 heavy (non-hydrogen) atoms. The molecule has 1 aromatic carbocycles. The van der Waals surface area contributed by atoms with Gasteiger partial charge in [0, 0.05) is 10.9 Å². The van der Waals surface area contributed by atoms with Gasteiger partial charge in [0.1, 0.15) is 0 Å². The lowest BCUT2D eigenvalue weighted by Crippen LogP contribution is -2.34. The van der Waals surface area contributed by atoms with Crippen molar-refractivity contribution in [2.45, 2.75) is 36.6 Å². The Morgan fingerprint density at radius 1 is 1.40 bits per heavy atom. The van der Waals surface area contributed by atoms with Crippen molar-refractivity contribution in [3.05, 3.63) is 35.9 Å². The molecule has 1 aliphatic heterocycles. The van der Waals surface area contributed by atoms with Crippen LogP contribution in [0.5, 0.6) is 0 Å². The highest BCUT2D eigenvalue weighted by atomic mass is 79.9. The zero-order valence-electron chi connectivity index (χ0n) is 9.08. The van der Waals surface area contributed by atoms with E-state index in [0.717, 1.165) is 25.9 Å². The summed E-state index contributed by atoms with van der Waals surface area (Å²) < 4.78 is 6.06. The molecule has 82 valence electrons. The van der Waals surface area contributed by atoms with Crippen LogP contribution < -0.4 is 0 Å². The molecule has 1 saturated heterocycles. The molecule has 1 aromatic rings. The van der Waals surface area contributed by atoms with Crippen molar-refractivity contribution < 1.29 is 4.74 Å². The lowest BCUT2D eigenvalue weighted by atomic mass is 9.93. The predicted molar refractivity (Wildman–Crippen MR) is 66.5 cm³/mol. The molecule has 2 atom stereocenters. The first-order chi connectivity index (χ1) is 7.16. The molecule has 0 bridgehead atoms. The van der Waals surface area contributed by atoms with Crippen molar-refractivity contribution in [3.63, 3.8) is 0 Å². The summed E-state index contributed by atoms with van der Waals surface area (Å²) in [6, 6.07) is 10.6. The van der Waals surface area contributed by atoms with Crippen LogP contribution in [0.25, 0.3) is 0 Å². The van der Waals surface area contributed by atoms with Crippen molar-refractivity contribution in [1.82, 2.24) is 0 Å². The molecule has 1 fully saturated rings. The van der Waals surface area contributed by atoms with Crippen molar-refractivity contribution in [1.29, 1.82) is 0 Å². The highest BCUT2D eigenvalue weighted by molar-refractivity contribution is 9.10. The summed E-state index contributed by atoms with van der Waals surface area (Å²) in [7, 11) is 0. The fourth-order valence-corrected chi connectivity index (χ4v) is 2.61. The number of ether oxygens (including phenoxy) is 1. The molecule has 0 aromatic heterocycles. The lowest BCUT2D eigenvalue weighted by molar-refractivity contribution is 0.00562. The van der Waals surface area contributed by atoms with Crippen LogP contribution in [0.3, 0.4) is 0 Å². The van der Waals surface area contributed by atoms with E-state index in [1.54, 1.807) is 0 Å². The van der Waals surface area contributed by atoms with Gasteiger partial charge in [0.15, 0.2) is 0 Å². The number of rotatable bonds is 2. The third-order valence-corrected chi connectivity index (χ3v) is 3.66. The largest absolute Gasteiger partial charge is 0.378 e. The van der Waals surface area contributed by atoms with E-state index in [1.165, 1.54) is 5.56 Å². The van der Waals surface area contributed by atoms with E-state index in [-0.39, 0.29) is 4.32 Å². The Balaban J connectivity index is 1.95. The van der Waals surface area contributed by atoms with Crippen molar-refractivity contribution in [2.75, 3.05) is 6.61 Å². The second kappa shape index (κ2) is 4.67. The quantitative estimate of drug-likeness (QED) is 0.746. The Morgan fingerprint density at radius 2 is 2.13 bits per heavy atom. The van der Waals surface area contributed by atoms with Crippen LogP contribution in [-0.4, -0.2) is 17.0 Å². The SMILES string of the molecule is C[C@@]1(Br)CCO[C@H](Cc2ccccc2)C1. The smallest absolute Gasteiger partial charge is 0.0628 e. The Bertz CT molecular complexity index is 308. The van der Waals surface area contributed by atoms with Crippen molar-refractivity contribution >= 4 is 15.9 Å². The van der Waals surface area contributed by atoms with Gasteiger partial charge in [-0.25, -0.2) is 0 Å². The van der Waals surface area contributed by atoms with E-state index in [9.17, 15) is 0 Å². The minimum Gasteiger partial charge on any atom is -0.378 e. The van der Waals surface area contributed by atoms with Gasteiger partial charge >= 0.3 is 0 Å². The van der Waals surface area contributed by atoms with Crippen LogP contribution in [0.1, 0.15) is 25.3 Å². The number of alkyl halides is 1. The Morgan fingerprint density at radius 3 is 2.80 bits per heavy atom. The molecule has 1 heterocycles. The molecule has 0 N–H and O–H groups in total. The molecule has 1 nitrogen and oxygen atoms in total. The maximum Gasteiger partial charge on any atom is 0.0628 e. The topological polar surface area (TPSA) is 9.23 Å². The molecule has 0 radical (unpaired) electrons. The van der Waals surface area contributed by atoms with Crippen LogP contribution in [0.4, 0.5) is 0 Å². The molecule has 0 saturated carbocycles. The molecule has 0 unspecified atom stereocenters. The minimum absolute atomic E-state index is 0.269. The first-order valence-electron chi connectivity index (χ1n) is 5.50. The molecule has 0 spiro atoms. The minimum atomic E-state index is 0.269. The normalized spacial score (nSPS) is 31.5. The average molecular weight is 269 g/mol. The highest BCUT2D eigenvalue weighted by Crippen LogP contribution is 2.33. The molecule has 0 aliphatic carbocycles. The Kier molecular flexibility index (Phi) is 3.47. The van der Waals surface area contributed by atoms with E-state index >= 15 is 0 Å². The third kappa shape index (κ3) is 3.32. The van der Waals surface area contributed by atoms with Gasteiger partial charge in [-0.05, 0) is 31.7 Å². The van der Waals surface area contributed by atoms with Gasteiger partial charge in [-0.15, -0.1) is 0 Å². The summed E-state index contributed by atoms with van der Waals surface area (Å²) in [6.45, 7) is 3.13. The molecule has 2 rings (SSSR count). The first kappa shape index (κ1) is 11.2. The van der Waals surface area contributed by atoms with Gasteiger partial charge in [0.05, 0.1) is 6.10 Å². The van der Waals surface area contributed by atoms with Gasteiger partial charge in [-0.3, -0.25) is 0 Å². The number of hydrogen-bond acceptors (Lipinski definition) is 1. The summed E-state index contributed by atoms with van der Waals surface area (Å²) in [6.07, 6.45) is 3.60. The second-order valence-corrected chi connectivity index (χ2v) is 6.46. The van der Waals surface area contributed by atoms with Crippen LogP contribution >= 0.6 is 15.9 Å². The average Bonchev–Trinajstić information content (AvgIpc) is 2.17. The zero-order valence-corrected chi connectivity index (χ0v) is 10.7. The Labute approximate surface area is 100.0 Å². The van der Waals surface area contributed by atoms with Gasteiger partial charge in [0.2, 0.25) is 0 Å². The number of hydrogen-bond donors (Lipinski definition) is 0. The highest BCUT2D eigenvalue weighted by Gasteiger charge is 2.30. The van der Waals surface area contributed by atoms with Crippen LogP contribution in [0.15, 0.2) is 30.3 Å². The molecular formula is C13H17BrO. The summed E-state index contributed by atoms with van der Waals surface area (Å²) >= 11 is 3.77. The monoisotopic (exact) mass is 268 g/mol. The molecule has 0 amide bonds. The summed E-state index contributed by atoms with van der Waals surface area (Å²) in [5.74, 6) is 0. The number of benzene rings is 1. The lowest BCUT2D eigenvalue weighted by Gasteiger charge is -2.33. The van der Waals surface area contributed by atoms with Crippen LogP contribution in [0, 0.1) is 0 Å². The third-order valence-electron chi connectivity index (χ3n) is 2.94. The second-order valence-electron chi connectivity index (χ2n) is 4.55. The van der Waals surface area contributed by atoms with E-state index in [0.29, 0.717) is 6.10 Å².